The Bertz CT molecular complexity index is 322. The molecule has 1 atom stereocenters. The second-order valence-corrected chi connectivity index (χ2v) is 3.43. The molecule has 1 heterocycles. The number of rotatable bonds is 1. The van der Waals surface area contributed by atoms with Gasteiger partial charge in [0.1, 0.15) is 17.5 Å². The summed E-state index contributed by atoms with van der Waals surface area (Å²) in [5, 5.41) is 2.97. The molecule has 1 aliphatic heterocycles. The summed E-state index contributed by atoms with van der Waals surface area (Å²) in [4.78, 5) is 0. The van der Waals surface area contributed by atoms with Gasteiger partial charge in [0.25, 0.3) is 0 Å². The van der Waals surface area contributed by atoms with Crippen LogP contribution >= 0.6 is 0 Å². The van der Waals surface area contributed by atoms with Crippen molar-refractivity contribution in [3.8, 4) is 0 Å². The number of nitrogens with one attached hydrogen (secondary N) is 1. The minimum Gasteiger partial charge on any atom is -0.310 e. The topological polar surface area (TPSA) is 12.0 Å². The Morgan fingerprint density at radius 2 is 1.79 bits per heavy atom. The van der Waals surface area contributed by atoms with Crippen LogP contribution < -0.4 is 5.32 Å². The van der Waals surface area contributed by atoms with E-state index in [1.54, 1.807) is 0 Å². The van der Waals surface area contributed by atoms with Gasteiger partial charge in [-0.3, -0.25) is 0 Å². The summed E-state index contributed by atoms with van der Waals surface area (Å²) in [7, 11) is 0. The average molecular weight is 201 g/mol. The van der Waals surface area contributed by atoms with E-state index in [1.165, 1.54) is 0 Å². The van der Waals surface area contributed by atoms with E-state index >= 15 is 0 Å². The van der Waals surface area contributed by atoms with Crippen molar-refractivity contribution in [1.29, 1.82) is 0 Å². The molecule has 0 bridgehead atoms. The van der Waals surface area contributed by atoms with Crippen molar-refractivity contribution < 1.29 is 13.2 Å². The van der Waals surface area contributed by atoms with E-state index < -0.39 is 17.5 Å². The van der Waals surface area contributed by atoms with Gasteiger partial charge in [-0.05, 0) is 19.4 Å². The summed E-state index contributed by atoms with van der Waals surface area (Å²) in [5.74, 6) is -2.48. The smallest absolute Gasteiger partial charge is 0.133 e. The second-order valence-electron chi connectivity index (χ2n) is 3.43. The van der Waals surface area contributed by atoms with Gasteiger partial charge >= 0.3 is 0 Å². The Labute approximate surface area is 79.9 Å². The molecule has 1 saturated heterocycles. The van der Waals surface area contributed by atoms with Gasteiger partial charge in [0.2, 0.25) is 0 Å². The van der Waals surface area contributed by atoms with Crippen molar-refractivity contribution in [2.75, 3.05) is 6.54 Å². The van der Waals surface area contributed by atoms with Crippen molar-refractivity contribution >= 4 is 0 Å². The molecular weight excluding hydrogens is 191 g/mol. The minimum atomic E-state index is -0.873. The fraction of sp³-hybridized carbons (Fsp3) is 0.400. The zero-order valence-corrected chi connectivity index (χ0v) is 7.49. The molecule has 1 aromatic rings. The Hall–Kier alpha value is -1.03. The molecule has 0 amide bonds. The van der Waals surface area contributed by atoms with E-state index in [0.29, 0.717) is 6.42 Å². The lowest BCUT2D eigenvalue weighted by molar-refractivity contribution is 0.489. The van der Waals surface area contributed by atoms with Gasteiger partial charge < -0.3 is 5.32 Å². The molecule has 0 aromatic heterocycles. The quantitative estimate of drug-likeness (QED) is 0.736. The van der Waals surface area contributed by atoms with E-state index in [1.807, 2.05) is 0 Å². The third-order valence-electron chi connectivity index (χ3n) is 2.45. The summed E-state index contributed by atoms with van der Waals surface area (Å²) < 4.78 is 39.1. The number of benzene rings is 1. The molecular formula is C10H10F3N. The van der Waals surface area contributed by atoms with E-state index in [-0.39, 0.29) is 11.6 Å². The van der Waals surface area contributed by atoms with Crippen LogP contribution in [0, 0.1) is 17.5 Å². The molecule has 0 radical (unpaired) electrons. The Morgan fingerprint density at radius 1 is 1.14 bits per heavy atom. The van der Waals surface area contributed by atoms with Crippen LogP contribution in [0.1, 0.15) is 24.4 Å². The van der Waals surface area contributed by atoms with Crippen LogP contribution in [0.5, 0.6) is 0 Å². The third-order valence-corrected chi connectivity index (χ3v) is 2.45. The first kappa shape index (κ1) is 9.52. The summed E-state index contributed by atoms with van der Waals surface area (Å²) in [6.07, 6.45) is 1.58. The lowest BCUT2D eigenvalue weighted by Crippen LogP contribution is -2.16. The van der Waals surface area contributed by atoms with Crippen molar-refractivity contribution in [1.82, 2.24) is 5.32 Å². The van der Waals surface area contributed by atoms with E-state index in [4.69, 9.17) is 0 Å². The molecule has 0 aliphatic carbocycles. The normalized spacial score (nSPS) is 21.5. The van der Waals surface area contributed by atoms with Crippen LogP contribution in [0.25, 0.3) is 0 Å². The highest BCUT2D eigenvalue weighted by Crippen LogP contribution is 2.28. The highest BCUT2D eigenvalue weighted by molar-refractivity contribution is 5.24. The summed E-state index contributed by atoms with van der Waals surface area (Å²) in [6, 6.07) is 1.13. The van der Waals surface area contributed by atoms with Crippen LogP contribution in [0.4, 0.5) is 13.2 Å². The summed E-state index contributed by atoms with van der Waals surface area (Å²) in [5.41, 5.74) is -0.0381. The van der Waals surface area contributed by atoms with Crippen LogP contribution in [0.3, 0.4) is 0 Å². The van der Waals surface area contributed by atoms with Crippen molar-refractivity contribution in [3.05, 3.63) is 35.1 Å². The van der Waals surface area contributed by atoms with Crippen LogP contribution in [-0.4, -0.2) is 6.54 Å². The molecule has 1 fully saturated rings. The molecule has 1 aromatic carbocycles. The van der Waals surface area contributed by atoms with E-state index in [0.717, 1.165) is 25.1 Å². The molecule has 0 unspecified atom stereocenters. The standard InChI is InChI=1S/C10H10F3N/c11-6-4-7(12)10(8(13)5-6)9-2-1-3-14-9/h4-5,9,14H,1-3H2/t9-/m0/s1. The van der Waals surface area contributed by atoms with Crippen molar-refractivity contribution in [2.45, 2.75) is 18.9 Å². The van der Waals surface area contributed by atoms with E-state index in [9.17, 15) is 13.2 Å². The zero-order chi connectivity index (χ0) is 10.1. The lowest BCUT2D eigenvalue weighted by atomic mass is 10.0. The van der Waals surface area contributed by atoms with Crippen LogP contribution in [0.2, 0.25) is 0 Å². The highest BCUT2D eigenvalue weighted by atomic mass is 19.1. The maximum absolute atomic E-state index is 13.2. The molecule has 2 rings (SSSR count). The second kappa shape index (κ2) is 3.61. The Balaban J connectivity index is 2.40. The maximum atomic E-state index is 13.2. The van der Waals surface area contributed by atoms with Gasteiger partial charge in [-0.15, -0.1) is 0 Å². The molecule has 1 aliphatic rings. The highest BCUT2D eigenvalue weighted by Gasteiger charge is 2.23. The molecule has 0 spiro atoms. The number of hydrogen-bond acceptors (Lipinski definition) is 1. The predicted molar refractivity (Wildman–Crippen MR) is 46.3 cm³/mol. The Morgan fingerprint density at radius 3 is 2.29 bits per heavy atom. The van der Waals surface area contributed by atoms with Gasteiger partial charge in [-0.25, -0.2) is 13.2 Å². The SMILES string of the molecule is Fc1cc(F)c([C@@H]2CCCN2)c(F)c1. The van der Waals surface area contributed by atoms with Gasteiger partial charge in [0.05, 0.1) is 0 Å². The van der Waals surface area contributed by atoms with Crippen LogP contribution in [0.15, 0.2) is 12.1 Å². The molecule has 76 valence electrons. The van der Waals surface area contributed by atoms with E-state index in [2.05, 4.69) is 5.32 Å². The largest absolute Gasteiger partial charge is 0.310 e. The van der Waals surface area contributed by atoms with Crippen molar-refractivity contribution in [2.24, 2.45) is 0 Å². The molecule has 0 saturated carbocycles. The maximum Gasteiger partial charge on any atom is 0.133 e. The first-order valence-corrected chi connectivity index (χ1v) is 4.56. The van der Waals surface area contributed by atoms with Gasteiger partial charge in [0, 0.05) is 23.7 Å². The van der Waals surface area contributed by atoms with Gasteiger partial charge in [-0.1, -0.05) is 0 Å². The molecule has 14 heavy (non-hydrogen) atoms. The van der Waals surface area contributed by atoms with Gasteiger partial charge in [0.15, 0.2) is 0 Å². The predicted octanol–water partition coefficient (Wildman–Crippen LogP) is 2.53. The monoisotopic (exact) mass is 201 g/mol. The minimum absolute atomic E-state index is 0.0381. The molecule has 4 heteroatoms. The fourth-order valence-corrected chi connectivity index (χ4v) is 1.82. The summed E-state index contributed by atoms with van der Waals surface area (Å²) >= 11 is 0. The Kier molecular flexibility index (Phi) is 2.46. The average Bonchev–Trinajstić information content (AvgIpc) is 2.54. The fourth-order valence-electron chi connectivity index (χ4n) is 1.82. The third kappa shape index (κ3) is 1.62. The zero-order valence-electron chi connectivity index (χ0n) is 7.49. The van der Waals surface area contributed by atoms with Crippen LogP contribution in [-0.2, 0) is 0 Å². The molecule has 1 nitrogen and oxygen atoms in total. The van der Waals surface area contributed by atoms with Gasteiger partial charge in [-0.2, -0.15) is 0 Å². The summed E-state index contributed by atoms with van der Waals surface area (Å²) in [6.45, 7) is 0.751. The first-order chi connectivity index (χ1) is 6.68. The first-order valence-electron chi connectivity index (χ1n) is 4.56. The van der Waals surface area contributed by atoms with Crippen molar-refractivity contribution in [3.63, 3.8) is 0 Å². The number of halogens is 3. The molecule has 1 N–H and O–H groups in total. The number of hydrogen-bond donors (Lipinski definition) is 1. The lowest BCUT2D eigenvalue weighted by Gasteiger charge is -2.12.